The molecule has 2 heterocycles. The average molecular weight is 254 g/mol. The van der Waals surface area contributed by atoms with Gasteiger partial charge in [0.25, 0.3) is 0 Å². The molecular weight excluding hydrogens is 236 g/mol. The fraction of sp³-hybridized carbons (Fsp3) is 0.583. The van der Waals surface area contributed by atoms with Crippen LogP contribution >= 0.6 is 0 Å². The Kier molecular flexibility index (Phi) is 3.79. The van der Waals surface area contributed by atoms with Gasteiger partial charge in [0.2, 0.25) is 10.0 Å². The lowest BCUT2D eigenvalue weighted by molar-refractivity contribution is 0.274. The van der Waals surface area contributed by atoms with Gasteiger partial charge in [0, 0.05) is 25.5 Å². The number of hydrogen-bond donors (Lipinski definition) is 0. The second kappa shape index (κ2) is 5.14. The monoisotopic (exact) mass is 254 g/mol. The molecule has 4 nitrogen and oxygen atoms in total. The summed E-state index contributed by atoms with van der Waals surface area (Å²) in [4.78, 5) is 4.10. The van der Waals surface area contributed by atoms with Crippen molar-refractivity contribution in [1.29, 1.82) is 0 Å². The van der Waals surface area contributed by atoms with Crippen molar-refractivity contribution in [2.24, 2.45) is 5.92 Å². The van der Waals surface area contributed by atoms with E-state index in [-0.39, 0.29) is 0 Å². The average Bonchev–Trinajstić information content (AvgIpc) is 2.30. The molecule has 0 N–H and O–H groups in total. The number of aromatic nitrogens is 1. The lowest BCUT2D eigenvalue weighted by atomic mass is 9.92. The van der Waals surface area contributed by atoms with Gasteiger partial charge in [-0.25, -0.2) is 12.7 Å². The van der Waals surface area contributed by atoms with Crippen LogP contribution in [0.1, 0.15) is 18.4 Å². The predicted octanol–water partition coefficient (Wildman–Crippen LogP) is 1.30. The highest BCUT2D eigenvalue weighted by molar-refractivity contribution is 7.88. The van der Waals surface area contributed by atoms with Gasteiger partial charge in [-0.2, -0.15) is 0 Å². The maximum atomic E-state index is 11.4. The number of nitrogens with zero attached hydrogens (tertiary/aromatic N) is 2. The summed E-state index contributed by atoms with van der Waals surface area (Å²) in [6, 6.07) is 4.02. The molecular formula is C12H18N2O2S. The van der Waals surface area contributed by atoms with E-state index in [9.17, 15) is 8.42 Å². The van der Waals surface area contributed by atoms with Crippen LogP contribution in [0.5, 0.6) is 0 Å². The SMILES string of the molecule is CS(=O)(=O)N1CCC(Cc2cccnc2)CC1. The van der Waals surface area contributed by atoms with Gasteiger partial charge >= 0.3 is 0 Å². The maximum Gasteiger partial charge on any atom is 0.211 e. The summed E-state index contributed by atoms with van der Waals surface area (Å²) >= 11 is 0. The predicted molar refractivity (Wildman–Crippen MR) is 67.1 cm³/mol. The fourth-order valence-electron chi connectivity index (χ4n) is 2.30. The summed E-state index contributed by atoms with van der Waals surface area (Å²) < 4.78 is 24.3. The van der Waals surface area contributed by atoms with E-state index in [1.54, 1.807) is 10.5 Å². The van der Waals surface area contributed by atoms with Crippen molar-refractivity contribution in [1.82, 2.24) is 9.29 Å². The maximum absolute atomic E-state index is 11.4. The van der Waals surface area contributed by atoms with E-state index < -0.39 is 10.0 Å². The zero-order valence-electron chi connectivity index (χ0n) is 10.0. The Morgan fingerprint density at radius 3 is 2.65 bits per heavy atom. The van der Waals surface area contributed by atoms with Crippen LogP contribution in [0.15, 0.2) is 24.5 Å². The molecule has 0 aliphatic carbocycles. The molecule has 0 aromatic carbocycles. The van der Waals surface area contributed by atoms with Crippen LogP contribution in [-0.4, -0.2) is 37.1 Å². The molecule has 0 bridgehead atoms. The highest BCUT2D eigenvalue weighted by atomic mass is 32.2. The summed E-state index contributed by atoms with van der Waals surface area (Å²) in [5.74, 6) is 0.581. The summed E-state index contributed by atoms with van der Waals surface area (Å²) in [6.07, 6.45) is 7.85. The second-order valence-electron chi connectivity index (χ2n) is 4.67. The van der Waals surface area contributed by atoms with Crippen LogP contribution in [0.2, 0.25) is 0 Å². The van der Waals surface area contributed by atoms with Crippen LogP contribution < -0.4 is 0 Å². The molecule has 1 aromatic heterocycles. The van der Waals surface area contributed by atoms with Crippen molar-refractivity contribution in [2.45, 2.75) is 19.3 Å². The minimum absolute atomic E-state index is 0.581. The molecule has 2 rings (SSSR count). The molecule has 94 valence electrons. The summed E-state index contributed by atoms with van der Waals surface area (Å²) in [6.45, 7) is 1.31. The number of piperidine rings is 1. The van der Waals surface area contributed by atoms with Gasteiger partial charge in [-0.05, 0) is 36.8 Å². The Bertz CT molecular complexity index is 451. The molecule has 5 heteroatoms. The van der Waals surface area contributed by atoms with Gasteiger partial charge in [-0.15, -0.1) is 0 Å². The first-order valence-corrected chi connectivity index (χ1v) is 7.74. The Balaban J connectivity index is 1.88. The van der Waals surface area contributed by atoms with Crippen molar-refractivity contribution >= 4 is 10.0 Å². The number of hydrogen-bond acceptors (Lipinski definition) is 3. The van der Waals surface area contributed by atoms with Crippen LogP contribution in [0, 0.1) is 5.92 Å². The third-order valence-corrected chi connectivity index (χ3v) is 4.59. The second-order valence-corrected chi connectivity index (χ2v) is 6.65. The van der Waals surface area contributed by atoms with Crippen LogP contribution in [0.4, 0.5) is 0 Å². The van der Waals surface area contributed by atoms with Crippen LogP contribution in [-0.2, 0) is 16.4 Å². The van der Waals surface area contributed by atoms with E-state index >= 15 is 0 Å². The van der Waals surface area contributed by atoms with Crippen molar-refractivity contribution < 1.29 is 8.42 Å². The third-order valence-electron chi connectivity index (χ3n) is 3.29. The number of rotatable bonds is 3. The van der Waals surface area contributed by atoms with Gasteiger partial charge < -0.3 is 0 Å². The lowest BCUT2D eigenvalue weighted by Gasteiger charge is -2.30. The molecule has 0 unspecified atom stereocenters. The van der Waals surface area contributed by atoms with Gasteiger partial charge in [0.15, 0.2) is 0 Å². The summed E-state index contributed by atoms with van der Waals surface area (Å²) in [5, 5.41) is 0. The van der Waals surface area contributed by atoms with E-state index in [1.807, 2.05) is 12.3 Å². The molecule has 17 heavy (non-hydrogen) atoms. The first kappa shape index (κ1) is 12.5. The van der Waals surface area contributed by atoms with Gasteiger partial charge in [0.1, 0.15) is 0 Å². The summed E-state index contributed by atoms with van der Waals surface area (Å²) in [5.41, 5.74) is 1.24. The van der Waals surface area contributed by atoms with Gasteiger partial charge in [-0.3, -0.25) is 4.98 Å². The molecule has 1 aliphatic rings. The zero-order chi connectivity index (χ0) is 12.3. The van der Waals surface area contributed by atoms with E-state index in [1.165, 1.54) is 11.8 Å². The Labute approximate surface area is 103 Å². The molecule has 0 spiro atoms. The molecule has 1 aliphatic heterocycles. The van der Waals surface area contributed by atoms with E-state index in [2.05, 4.69) is 11.1 Å². The lowest BCUT2D eigenvalue weighted by Crippen LogP contribution is -2.38. The van der Waals surface area contributed by atoms with E-state index in [4.69, 9.17) is 0 Å². The van der Waals surface area contributed by atoms with Crippen molar-refractivity contribution in [3.8, 4) is 0 Å². The molecule has 0 atom stereocenters. The highest BCUT2D eigenvalue weighted by Crippen LogP contribution is 2.22. The molecule has 1 aromatic rings. The molecule has 0 saturated carbocycles. The first-order valence-electron chi connectivity index (χ1n) is 5.90. The van der Waals surface area contributed by atoms with Crippen molar-refractivity contribution in [3.05, 3.63) is 30.1 Å². The van der Waals surface area contributed by atoms with Crippen LogP contribution in [0.25, 0.3) is 0 Å². The Morgan fingerprint density at radius 1 is 1.41 bits per heavy atom. The first-order chi connectivity index (χ1) is 8.05. The topological polar surface area (TPSA) is 50.3 Å². The minimum atomic E-state index is -3.00. The van der Waals surface area contributed by atoms with Gasteiger partial charge in [0.05, 0.1) is 6.26 Å². The molecule has 0 amide bonds. The number of sulfonamides is 1. The number of pyridine rings is 1. The summed E-state index contributed by atoms with van der Waals surface area (Å²) in [7, 11) is -3.00. The zero-order valence-corrected chi connectivity index (χ0v) is 10.9. The van der Waals surface area contributed by atoms with E-state index in [0.29, 0.717) is 19.0 Å². The van der Waals surface area contributed by atoms with E-state index in [0.717, 1.165) is 19.3 Å². The largest absolute Gasteiger partial charge is 0.264 e. The Hall–Kier alpha value is -0.940. The fourth-order valence-corrected chi connectivity index (χ4v) is 3.17. The smallest absolute Gasteiger partial charge is 0.211 e. The molecule has 1 fully saturated rings. The quantitative estimate of drug-likeness (QED) is 0.817. The van der Waals surface area contributed by atoms with Gasteiger partial charge in [-0.1, -0.05) is 6.07 Å². The van der Waals surface area contributed by atoms with Crippen molar-refractivity contribution in [2.75, 3.05) is 19.3 Å². The standard InChI is InChI=1S/C12H18N2O2S/c1-17(15,16)14-7-4-11(5-8-14)9-12-3-2-6-13-10-12/h2-3,6,10-11H,4-5,7-9H2,1H3. The highest BCUT2D eigenvalue weighted by Gasteiger charge is 2.24. The normalized spacial score (nSPS) is 19.4. The third kappa shape index (κ3) is 3.51. The van der Waals surface area contributed by atoms with Crippen molar-refractivity contribution in [3.63, 3.8) is 0 Å². The molecule has 0 radical (unpaired) electrons. The Morgan fingerprint density at radius 2 is 2.12 bits per heavy atom. The minimum Gasteiger partial charge on any atom is -0.264 e. The van der Waals surface area contributed by atoms with Crippen LogP contribution in [0.3, 0.4) is 0 Å². The molecule has 1 saturated heterocycles.